The molecular formula is C22H23F2N3O2S2. The van der Waals surface area contributed by atoms with E-state index in [4.69, 9.17) is 0 Å². The van der Waals surface area contributed by atoms with Gasteiger partial charge in [0.05, 0.1) is 4.88 Å². The van der Waals surface area contributed by atoms with Gasteiger partial charge >= 0.3 is 0 Å². The van der Waals surface area contributed by atoms with E-state index in [-0.39, 0.29) is 5.92 Å². The summed E-state index contributed by atoms with van der Waals surface area (Å²) in [5, 5.41) is 4.20. The minimum Gasteiger partial charge on any atom is -0.361 e. The van der Waals surface area contributed by atoms with Crippen molar-refractivity contribution < 1.29 is 17.2 Å². The van der Waals surface area contributed by atoms with Gasteiger partial charge in [0, 0.05) is 31.9 Å². The van der Waals surface area contributed by atoms with Crippen LogP contribution in [0.3, 0.4) is 0 Å². The number of piperidine rings is 1. The molecule has 0 saturated carbocycles. The minimum absolute atomic E-state index is 0.287. The molecule has 1 aromatic heterocycles. The Morgan fingerprint density at radius 2 is 1.90 bits per heavy atom. The second-order valence-electron chi connectivity index (χ2n) is 7.65. The zero-order chi connectivity index (χ0) is 22.0. The predicted octanol–water partition coefficient (Wildman–Crippen LogP) is 4.91. The van der Waals surface area contributed by atoms with Gasteiger partial charge in [-0.3, -0.25) is 0 Å². The van der Waals surface area contributed by atoms with Gasteiger partial charge in [-0.2, -0.15) is 4.31 Å². The van der Waals surface area contributed by atoms with Gasteiger partial charge in [0.25, 0.3) is 0 Å². The van der Waals surface area contributed by atoms with Crippen molar-refractivity contribution in [2.75, 3.05) is 25.0 Å². The van der Waals surface area contributed by atoms with Crippen LogP contribution in [0.15, 0.2) is 53.6 Å². The third-order valence-corrected chi connectivity index (χ3v) is 8.46. The Labute approximate surface area is 184 Å². The summed E-state index contributed by atoms with van der Waals surface area (Å²) < 4.78 is 53.8. The summed E-state index contributed by atoms with van der Waals surface area (Å²) in [6, 6.07) is 10.7. The van der Waals surface area contributed by atoms with Crippen molar-refractivity contribution in [3.8, 4) is 10.4 Å². The monoisotopic (exact) mass is 463 g/mol. The molecule has 0 atom stereocenters. The molecule has 1 fully saturated rings. The average molecular weight is 464 g/mol. The Morgan fingerprint density at radius 1 is 1.16 bits per heavy atom. The maximum absolute atomic E-state index is 14.0. The number of aryl methyl sites for hydroxylation is 1. The van der Waals surface area contributed by atoms with Crippen LogP contribution in [0.25, 0.3) is 10.4 Å². The fourth-order valence-corrected chi connectivity index (χ4v) is 6.17. The molecule has 4 rings (SSSR count). The number of hydrogen-bond donors (Lipinski definition) is 1. The van der Waals surface area contributed by atoms with E-state index in [9.17, 15) is 17.2 Å². The number of aromatic nitrogens is 1. The van der Waals surface area contributed by atoms with Crippen molar-refractivity contribution in [2.24, 2.45) is 5.92 Å². The Hall–Kier alpha value is -2.36. The Morgan fingerprint density at radius 3 is 2.61 bits per heavy atom. The molecule has 31 heavy (non-hydrogen) atoms. The molecule has 3 aromatic rings. The molecule has 0 spiro atoms. The van der Waals surface area contributed by atoms with Crippen LogP contribution < -0.4 is 5.32 Å². The van der Waals surface area contributed by atoms with Crippen LogP contribution in [0.1, 0.15) is 18.4 Å². The first-order chi connectivity index (χ1) is 14.8. The van der Waals surface area contributed by atoms with E-state index in [2.05, 4.69) is 29.4 Å². The van der Waals surface area contributed by atoms with Crippen molar-refractivity contribution in [2.45, 2.75) is 24.7 Å². The van der Waals surface area contributed by atoms with E-state index in [0.29, 0.717) is 38.5 Å². The molecule has 2 aromatic carbocycles. The second-order valence-corrected chi connectivity index (χ2v) is 10.6. The van der Waals surface area contributed by atoms with E-state index >= 15 is 0 Å². The molecule has 1 aliphatic rings. The molecule has 0 amide bonds. The SMILES string of the molecule is Cc1ccccc1-c1cnc(NCC2CCN(S(=O)(=O)c3ccc(F)cc3F)CC2)s1. The third-order valence-electron chi connectivity index (χ3n) is 5.54. The molecule has 0 radical (unpaired) electrons. The first kappa shape index (κ1) is 21.9. The van der Waals surface area contributed by atoms with Gasteiger partial charge in [0.2, 0.25) is 10.0 Å². The summed E-state index contributed by atoms with van der Waals surface area (Å²) in [4.78, 5) is 5.08. The van der Waals surface area contributed by atoms with Crippen molar-refractivity contribution >= 4 is 26.5 Å². The van der Waals surface area contributed by atoms with Crippen molar-refractivity contribution in [3.05, 3.63) is 65.9 Å². The highest BCUT2D eigenvalue weighted by Crippen LogP contribution is 2.32. The molecular weight excluding hydrogens is 440 g/mol. The number of hydrogen-bond acceptors (Lipinski definition) is 5. The maximum Gasteiger partial charge on any atom is 0.245 e. The lowest BCUT2D eigenvalue weighted by Crippen LogP contribution is -2.40. The quantitative estimate of drug-likeness (QED) is 0.564. The standard InChI is InChI=1S/C22H23F2N3O2S2/c1-15-4-2-3-5-18(15)20-14-26-22(30-20)25-13-16-8-10-27(11-9-16)31(28,29)21-7-6-17(23)12-19(21)24/h2-7,12,14,16H,8-11,13H2,1H3,(H,25,26). The van der Waals surface area contributed by atoms with Gasteiger partial charge in [0.1, 0.15) is 16.5 Å². The molecule has 0 bridgehead atoms. The van der Waals surface area contributed by atoms with Gasteiger partial charge < -0.3 is 5.32 Å². The molecule has 1 saturated heterocycles. The van der Waals surface area contributed by atoms with E-state index in [1.54, 1.807) is 11.3 Å². The number of halogens is 2. The zero-order valence-electron chi connectivity index (χ0n) is 17.0. The molecule has 164 valence electrons. The first-order valence-electron chi connectivity index (χ1n) is 10.1. The van der Waals surface area contributed by atoms with Crippen LogP contribution in [0, 0.1) is 24.5 Å². The number of thiazole rings is 1. The number of sulfonamides is 1. The highest BCUT2D eigenvalue weighted by molar-refractivity contribution is 7.89. The summed E-state index contributed by atoms with van der Waals surface area (Å²) in [7, 11) is -3.97. The lowest BCUT2D eigenvalue weighted by atomic mass is 9.98. The van der Waals surface area contributed by atoms with Crippen LogP contribution in [0.4, 0.5) is 13.9 Å². The topological polar surface area (TPSA) is 62.3 Å². The van der Waals surface area contributed by atoms with Crippen LogP contribution >= 0.6 is 11.3 Å². The maximum atomic E-state index is 14.0. The molecule has 5 nitrogen and oxygen atoms in total. The van der Waals surface area contributed by atoms with Gasteiger partial charge in [-0.15, -0.1) is 0 Å². The smallest absolute Gasteiger partial charge is 0.245 e. The summed E-state index contributed by atoms with van der Waals surface area (Å²) in [5.41, 5.74) is 2.36. The molecule has 0 aliphatic carbocycles. The summed E-state index contributed by atoms with van der Waals surface area (Å²) >= 11 is 1.59. The predicted molar refractivity (Wildman–Crippen MR) is 119 cm³/mol. The molecule has 1 N–H and O–H groups in total. The van der Waals surface area contributed by atoms with Crippen molar-refractivity contribution in [1.29, 1.82) is 0 Å². The Balaban J connectivity index is 1.33. The number of benzene rings is 2. The number of nitrogens with zero attached hydrogens (tertiary/aromatic N) is 2. The molecule has 0 unspecified atom stereocenters. The Kier molecular flexibility index (Phi) is 6.36. The van der Waals surface area contributed by atoms with E-state index in [1.165, 1.54) is 15.4 Å². The Bertz CT molecular complexity index is 1170. The largest absolute Gasteiger partial charge is 0.361 e. The van der Waals surface area contributed by atoms with Crippen molar-refractivity contribution in [1.82, 2.24) is 9.29 Å². The van der Waals surface area contributed by atoms with Crippen LogP contribution in [-0.4, -0.2) is 37.3 Å². The summed E-state index contributed by atoms with van der Waals surface area (Å²) in [5.74, 6) is -1.57. The first-order valence-corrected chi connectivity index (χ1v) is 12.3. The highest BCUT2D eigenvalue weighted by atomic mass is 32.2. The van der Waals surface area contributed by atoms with Crippen LogP contribution in [0.2, 0.25) is 0 Å². The zero-order valence-corrected chi connectivity index (χ0v) is 18.6. The normalized spacial score (nSPS) is 15.8. The van der Waals surface area contributed by atoms with Crippen LogP contribution in [0.5, 0.6) is 0 Å². The van der Waals surface area contributed by atoms with Gasteiger partial charge in [-0.05, 0) is 48.9 Å². The molecule has 9 heteroatoms. The highest BCUT2D eigenvalue weighted by Gasteiger charge is 2.31. The third kappa shape index (κ3) is 4.78. The fraction of sp³-hybridized carbons (Fsp3) is 0.318. The number of anilines is 1. The lowest BCUT2D eigenvalue weighted by molar-refractivity contribution is 0.281. The number of rotatable bonds is 6. The van der Waals surface area contributed by atoms with E-state index in [1.807, 2.05) is 18.3 Å². The lowest BCUT2D eigenvalue weighted by Gasteiger charge is -2.31. The van der Waals surface area contributed by atoms with E-state index in [0.717, 1.165) is 22.1 Å². The second kappa shape index (κ2) is 9.02. The van der Waals surface area contributed by atoms with Gasteiger partial charge in [0.15, 0.2) is 5.13 Å². The van der Waals surface area contributed by atoms with E-state index < -0.39 is 26.6 Å². The fourth-order valence-electron chi connectivity index (χ4n) is 3.74. The molecule has 2 heterocycles. The molecule has 1 aliphatic heterocycles. The summed E-state index contributed by atoms with van der Waals surface area (Å²) in [6.45, 7) is 3.37. The van der Waals surface area contributed by atoms with Crippen molar-refractivity contribution in [3.63, 3.8) is 0 Å². The van der Waals surface area contributed by atoms with Gasteiger partial charge in [-0.1, -0.05) is 35.6 Å². The minimum atomic E-state index is -3.97. The summed E-state index contributed by atoms with van der Waals surface area (Å²) in [6.07, 6.45) is 3.18. The average Bonchev–Trinajstić information content (AvgIpc) is 3.21. The van der Waals surface area contributed by atoms with Crippen LogP contribution in [-0.2, 0) is 10.0 Å². The number of nitrogens with one attached hydrogen (secondary N) is 1. The van der Waals surface area contributed by atoms with Gasteiger partial charge in [-0.25, -0.2) is 22.2 Å².